The molecule has 0 radical (unpaired) electrons. The number of phenolic OH excluding ortho intramolecular Hbond substituents is 1. The highest BCUT2D eigenvalue weighted by atomic mass is 16.5. The minimum atomic E-state index is -0.426. The quantitative estimate of drug-likeness (QED) is 0.824. The Hall–Kier alpha value is -2.63. The summed E-state index contributed by atoms with van der Waals surface area (Å²) in [4.78, 5) is 11.5. The van der Waals surface area contributed by atoms with Gasteiger partial charge in [-0.1, -0.05) is 0 Å². The number of hydrogen-bond donors (Lipinski definition) is 2. The zero-order valence-electron chi connectivity index (χ0n) is 12.1. The molecule has 0 atom stereocenters. The number of carbonyl (C=O) groups excluding carboxylic acids is 1. The number of aromatic hydroxyl groups is 1. The maximum absolute atomic E-state index is 11.5. The first-order valence-electron chi connectivity index (χ1n) is 6.33. The van der Waals surface area contributed by atoms with E-state index >= 15 is 0 Å². The number of phenols is 1. The van der Waals surface area contributed by atoms with Gasteiger partial charge >= 0.3 is 5.97 Å². The lowest BCUT2D eigenvalue weighted by Gasteiger charge is -2.07. The van der Waals surface area contributed by atoms with Crippen molar-refractivity contribution in [1.82, 2.24) is 0 Å². The summed E-state index contributed by atoms with van der Waals surface area (Å²) in [6.45, 7) is 2.08. The van der Waals surface area contributed by atoms with E-state index in [0.29, 0.717) is 35.1 Å². The van der Waals surface area contributed by atoms with Crippen LogP contribution in [0.3, 0.4) is 0 Å². The molecule has 1 aromatic carbocycles. The van der Waals surface area contributed by atoms with E-state index in [2.05, 4.69) is 10.1 Å². The maximum atomic E-state index is 11.5. The van der Waals surface area contributed by atoms with Crippen LogP contribution >= 0.6 is 0 Å². The van der Waals surface area contributed by atoms with E-state index in [1.54, 1.807) is 31.2 Å². The first kappa shape index (κ1) is 14.8. The van der Waals surface area contributed by atoms with Crippen molar-refractivity contribution in [2.45, 2.75) is 13.5 Å². The normalized spacial score (nSPS) is 10.2. The van der Waals surface area contributed by atoms with Crippen LogP contribution in [0, 0.1) is 6.92 Å². The maximum Gasteiger partial charge on any atom is 0.341 e. The van der Waals surface area contributed by atoms with Gasteiger partial charge in [0, 0.05) is 11.8 Å². The molecule has 6 nitrogen and oxygen atoms in total. The minimum absolute atomic E-state index is 0.0494. The van der Waals surface area contributed by atoms with Crippen LogP contribution in [0.4, 0.5) is 5.69 Å². The molecular weight excluding hydrogens is 274 g/mol. The topological polar surface area (TPSA) is 80.9 Å². The molecule has 112 valence electrons. The Labute approximate surface area is 122 Å². The van der Waals surface area contributed by atoms with E-state index in [1.165, 1.54) is 14.2 Å². The predicted molar refractivity (Wildman–Crippen MR) is 76.8 cm³/mol. The van der Waals surface area contributed by atoms with E-state index in [0.717, 1.165) is 0 Å². The number of ether oxygens (including phenoxy) is 2. The third-order valence-corrected chi connectivity index (χ3v) is 3.02. The summed E-state index contributed by atoms with van der Waals surface area (Å²) >= 11 is 0. The lowest BCUT2D eigenvalue weighted by atomic mass is 10.2. The molecule has 0 aliphatic carbocycles. The summed E-state index contributed by atoms with van der Waals surface area (Å²) in [5.74, 6) is 1.14. The van der Waals surface area contributed by atoms with E-state index in [4.69, 9.17) is 9.15 Å². The smallest absolute Gasteiger partial charge is 0.341 e. The number of carbonyl (C=O) groups is 1. The summed E-state index contributed by atoms with van der Waals surface area (Å²) < 4.78 is 15.1. The average molecular weight is 291 g/mol. The molecule has 0 amide bonds. The summed E-state index contributed by atoms with van der Waals surface area (Å²) in [6.07, 6.45) is 0. The second-order valence-electron chi connectivity index (χ2n) is 4.41. The number of anilines is 1. The van der Waals surface area contributed by atoms with Crippen LogP contribution in [0.1, 0.15) is 21.9 Å². The first-order chi connectivity index (χ1) is 10.0. The third-order valence-electron chi connectivity index (χ3n) is 3.02. The van der Waals surface area contributed by atoms with E-state index < -0.39 is 5.97 Å². The van der Waals surface area contributed by atoms with Crippen molar-refractivity contribution in [3.8, 4) is 11.5 Å². The Morgan fingerprint density at radius 3 is 2.71 bits per heavy atom. The van der Waals surface area contributed by atoms with Crippen LogP contribution in [-0.2, 0) is 11.3 Å². The van der Waals surface area contributed by atoms with Crippen molar-refractivity contribution in [2.75, 3.05) is 19.5 Å². The fraction of sp³-hybridized carbons (Fsp3) is 0.267. The largest absolute Gasteiger partial charge is 0.504 e. The van der Waals surface area contributed by atoms with E-state index in [9.17, 15) is 9.90 Å². The number of hydrogen-bond acceptors (Lipinski definition) is 6. The van der Waals surface area contributed by atoms with E-state index in [-0.39, 0.29) is 5.75 Å². The second-order valence-corrected chi connectivity index (χ2v) is 4.41. The van der Waals surface area contributed by atoms with Gasteiger partial charge in [0.2, 0.25) is 0 Å². The van der Waals surface area contributed by atoms with Crippen molar-refractivity contribution in [2.24, 2.45) is 0 Å². The zero-order valence-corrected chi connectivity index (χ0v) is 12.1. The summed E-state index contributed by atoms with van der Waals surface area (Å²) in [5, 5.41) is 12.8. The molecule has 21 heavy (non-hydrogen) atoms. The molecule has 0 aliphatic heterocycles. The number of benzene rings is 1. The highest BCUT2D eigenvalue weighted by Crippen LogP contribution is 2.28. The van der Waals surface area contributed by atoms with Gasteiger partial charge in [0.25, 0.3) is 0 Å². The highest BCUT2D eigenvalue weighted by molar-refractivity contribution is 5.90. The Balaban J connectivity index is 2.06. The number of furan rings is 1. The van der Waals surface area contributed by atoms with Gasteiger partial charge in [-0.15, -0.1) is 0 Å². The number of rotatable bonds is 5. The molecule has 0 fully saturated rings. The molecule has 1 heterocycles. The number of esters is 1. The van der Waals surface area contributed by atoms with Crippen molar-refractivity contribution >= 4 is 11.7 Å². The van der Waals surface area contributed by atoms with Crippen LogP contribution < -0.4 is 10.1 Å². The molecule has 0 unspecified atom stereocenters. The summed E-state index contributed by atoms with van der Waals surface area (Å²) in [5.41, 5.74) is 1.12. The van der Waals surface area contributed by atoms with Gasteiger partial charge in [-0.3, -0.25) is 0 Å². The van der Waals surface area contributed by atoms with Crippen LogP contribution in [0.5, 0.6) is 11.5 Å². The molecule has 2 rings (SSSR count). The molecule has 0 bridgehead atoms. The van der Waals surface area contributed by atoms with Gasteiger partial charge in [-0.2, -0.15) is 0 Å². The standard InChI is InChI=1S/C15H17NO5/c1-9-12(15(18)20-3)7-11(21-9)8-16-10-4-5-14(19-2)13(17)6-10/h4-7,16-17H,8H2,1-3H3. The van der Waals surface area contributed by atoms with E-state index in [1.807, 2.05) is 0 Å². The average Bonchev–Trinajstić information content (AvgIpc) is 2.85. The fourth-order valence-electron chi connectivity index (χ4n) is 1.93. The molecule has 1 aromatic heterocycles. The van der Waals surface area contributed by atoms with Gasteiger partial charge < -0.3 is 24.3 Å². The monoisotopic (exact) mass is 291 g/mol. The first-order valence-corrected chi connectivity index (χ1v) is 6.33. The Bertz CT molecular complexity index is 648. The van der Waals surface area contributed by atoms with Gasteiger partial charge in [0.15, 0.2) is 11.5 Å². The van der Waals surface area contributed by atoms with Crippen LogP contribution in [0.15, 0.2) is 28.7 Å². The SMILES string of the molecule is COC(=O)c1cc(CNc2ccc(OC)c(O)c2)oc1C. The third kappa shape index (κ3) is 3.28. The zero-order chi connectivity index (χ0) is 15.4. The molecular formula is C15H17NO5. The molecule has 0 spiro atoms. The van der Waals surface area contributed by atoms with Gasteiger partial charge in [0.1, 0.15) is 17.1 Å². The number of nitrogens with one attached hydrogen (secondary N) is 1. The molecule has 2 aromatic rings. The Kier molecular flexibility index (Phi) is 4.37. The molecule has 2 N–H and O–H groups in total. The predicted octanol–water partition coefficient (Wildman–Crippen LogP) is 2.70. The second kappa shape index (κ2) is 6.21. The van der Waals surface area contributed by atoms with Gasteiger partial charge in [-0.25, -0.2) is 4.79 Å². The van der Waals surface area contributed by atoms with Crippen LogP contribution in [-0.4, -0.2) is 25.3 Å². The van der Waals surface area contributed by atoms with Gasteiger partial charge in [-0.05, 0) is 25.1 Å². The minimum Gasteiger partial charge on any atom is -0.504 e. The Morgan fingerprint density at radius 1 is 1.33 bits per heavy atom. The lowest BCUT2D eigenvalue weighted by Crippen LogP contribution is -2.01. The van der Waals surface area contributed by atoms with Crippen molar-refractivity contribution < 1.29 is 23.8 Å². The van der Waals surface area contributed by atoms with Crippen molar-refractivity contribution in [1.29, 1.82) is 0 Å². The lowest BCUT2D eigenvalue weighted by molar-refractivity contribution is 0.0599. The van der Waals surface area contributed by atoms with Crippen LogP contribution in [0.2, 0.25) is 0 Å². The molecule has 6 heteroatoms. The Morgan fingerprint density at radius 2 is 2.10 bits per heavy atom. The summed E-state index contributed by atoms with van der Waals surface area (Å²) in [6, 6.07) is 6.62. The molecule has 0 aliphatic rings. The summed E-state index contributed by atoms with van der Waals surface area (Å²) in [7, 11) is 2.81. The van der Waals surface area contributed by atoms with Crippen LogP contribution in [0.25, 0.3) is 0 Å². The highest BCUT2D eigenvalue weighted by Gasteiger charge is 2.15. The van der Waals surface area contributed by atoms with Gasteiger partial charge in [0.05, 0.1) is 20.8 Å². The van der Waals surface area contributed by atoms with Crippen molar-refractivity contribution in [3.05, 3.63) is 41.3 Å². The van der Waals surface area contributed by atoms with Crippen molar-refractivity contribution in [3.63, 3.8) is 0 Å². The molecule has 0 saturated heterocycles. The number of aryl methyl sites for hydroxylation is 1. The number of methoxy groups -OCH3 is 2. The molecule has 0 saturated carbocycles. The fourth-order valence-corrected chi connectivity index (χ4v) is 1.93.